The predicted octanol–water partition coefficient (Wildman–Crippen LogP) is 6.77. The van der Waals surface area contributed by atoms with E-state index in [1.807, 2.05) is 37.8 Å². The Bertz CT molecular complexity index is 1290. The van der Waals surface area contributed by atoms with Crippen molar-refractivity contribution in [1.29, 1.82) is 0 Å². The maximum absolute atomic E-state index is 14.1. The summed E-state index contributed by atoms with van der Waals surface area (Å²) in [4.78, 5) is 33.5. The number of anilines is 1. The van der Waals surface area contributed by atoms with Crippen molar-refractivity contribution in [2.75, 3.05) is 4.90 Å². The van der Waals surface area contributed by atoms with Gasteiger partial charge in [-0.1, -0.05) is 30.8 Å². The fourth-order valence-electron chi connectivity index (χ4n) is 5.38. The number of thiophene rings is 1. The molecule has 2 aromatic rings. The number of terminal acetylenes is 1. The molecule has 2 fully saturated rings. The number of rotatable bonds is 6. The fourth-order valence-corrected chi connectivity index (χ4v) is 6.22. The molecule has 2 aliphatic carbocycles. The van der Waals surface area contributed by atoms with Crippen molar-refractivity contribution in [3.63, 3.8) is 0 Å². The molecule has 1 N–H and O–H groups in total. The van der Waals surface area contributed by atoms with Crippen LogP contribution in [0, 0.1) is 41.4 Å². The lowest BCUT2D eigenvalue weighted by molar-refractivity contribution is -0.124. The Kier molecular flexibility index (Phi) is 9.03. The van der Waals surface area contributed by atoms with Crippen molar-refractivity contribution < 1.29 is 19.4 Å². The molecule has 2 heterocycles. The van der Waals surface area contributed by atoms with Crippen molar-refractivity contribution in [2.45, 2.75) is 91.2 Å². The van der Waals surface area contributed by atoms with Gasteiger partial charge in [0.1, 0.15) is 16.7 Å². The Morgan fingerprint density at radius 1 is 1.10 bits per heavy atom. The molecular formula is C32H38N2O4S. The number of carboxylic acids is 1. The molecule has 2 aromatic heterocycles. The largest absolute Gasteiger partial charge is 0.477 e. The van der Waals surface area contributed by atoms with Crippen molar-refractivity contribution in [1.82, 2.24) is 4.98 Å². The second kappa shape index (κ2) is 12.3. The summed E-state index contributed by atoms with van der Waals surface area (Å²) in [6.07, 6.45) is 12.1. The quantitative estimate of drug-likeness (QED) is 0.405. The van der Waals surface area contributed by atoms with Gasteiger partial charge in [0.15, 0.2) is 0 Å². The summed E-state index contributed by atoms with van der Waals surface area (Å²) in [5.41, 5.74) is 0.806. The number of aromatic carboxylic acids is 1. The summed E-state index contributed by atoms with van der Waals surface area (Å²) in [7, 11) is 0. The highest BCUT2D eigenvalue weighted by Gasteiger charge is 2.38. The summed E-state index contributed by atoms with van der Waals surface area (Å²) < 4.78 is 6.13. The van der Waals surface area contributed by atoms with Crippen LogP contribution in [0.5, 0.6) is 5.88 Å². The van der Waals surface area contributed by atoms with Gasteiger partial charge in [0, 0.05) is 23.4 Å². The first-order chi connectivity index (χ1) is 18.5. The molecule has 7 heteroatoms. The van der Waals surface area contributed by atoms with Crippen LogP contribution in [0.3, 0.4) is 0 Å². The third-order valence-corrected chi connectivity index (χ3v) is 8.52. The van der Waals surface area contributed by atoms with Crippen LogP contribution in [-0.4, -0.2) is 34.1 Å². The number of pyridine rings is 1. The van der Waals surface area contributed by atoms with Crippen LogP contribution in [-0.2, 0) is 4.79 Å². The van der Waals surface area contributed by atoms with Gasteiger partial charge in [-0.3, -0.25) is 4.79 Å². The van der Waals surface area contributed by atoms with Gasteiger partial charge >= 0.3 is 5.97 Å². The number of ether oxygens (including phenoxy) is 1. The SMILES string of the molecule is C#Cc1cccc(OC2CCC(N(C(=O)C3CCC(C)CC3)c3cc(C#CC(C)(C)C)sc3C(=O)O)CC2)n1. The van der Waals surface area contributed by atoms with Crippen molar-refractivity contribution in [3.05, 3.63) is 39.7 Å². The Morgan fingerprint density at radius 2 is 1.79 bits per heavy atom. The summed E-state index contributed by atoms with van der Waals surface area (Å²) in [5.74, 6) is 8.95. The standard InChI is InChI=1S/C32H38N2O4S/c1-6-23-8-7-9-28(33-23)38-25-16-14-24(15-17-25)34(30(35)22-12-10-21(2)11-13-22)27-20-26(18-19-32(3,4)5)39-29(27)31(36)37/h1,7-9,20-22,24-25H,10-17H2,2-5H3,(H,36,37). The summed E-state index contributed by atoms with van der Waals surface area (Å²) in [6.45, 7) is 8.29. The molecule has 6 nitrogen and oxygen atoms in total. The van der Waals surface area contributed by atoms with Gasteiger partial charge in [-0.15, -0.1) is 17.8 Å². The molecule has 0 bridgehead atoms. The molecule has 0 unspecified atom stereocenters. The molecule has 0 saturated heterocycles. The summed E-state index contributed by atoms with van der Waals surface area (Å²) in [5, 5.41) is 10.1. The Balaban J connectivity index is 1.60. The van der Waals surface area contributed by atoms with Crippen molar-refractivity contribution >= 4 is 28.9 Å². The molecule has 39 heavy (non-hydrogen) atoms. The van der Waals surface area contributed by atoms with Crippen LogP contribution in [0.4, 0.5) is 5.69 Å². The molecule has 2 aliphatic rings. The first-order valence-corrected chi connectivity index (χ1v) is 14.7. The lowest BCUT2D eigenvalue weighted by Gasteiger charge is -2.39. The highest BCUT2D eigenvalue weighted by molar-refractivity contribution is 7.15. The zero-order valence-electron chi connectivity index (χ0n) is 23.3. The normalized spacial score (nSPS) is 23.2. The zero-order valence-corrected chi connectivity index (χ0v) is 24.1. The van der Waals surface area contributed by atoms with Gasteiger partial charge in [-0.2, -0.15) is 0 Å². The van der Waals surface area contributed by atoms with Crippen LogP contribution in [0.15, 0.2) is 24.3 Å². The zero-order chi connectivity index (χ0) is 28.2. The van der Waals surface area contributed by atoms with Crippen LogP contribution < -0.4 is 9.64 Å². The minimum absolute atomic E-state index is 0.0381. The van der Waals surface area contributed by atoms with Gasteiger partial charge < -0.3 is 14.7 Å². The van der Waals surface area contributed by atoms with E-state index in [0.717, 1.165) is 49.9 Å². The molecule has 0 atom stereocenters. The van der Waals surface area contributed by atoms with Crippen LogP contribution in [0.25, 0.3) is 0 Å². The first-order valence-electron chi connectivity index (χ1n) is 13.9. The third-order valence-electron chi connectivity index (χ3n) is 7.50. The molecular weight excluding hydrogens is 508 g/mol. The van der Waals surface area contributed by atoms with E-state index in [4.69, 9.17) is 11.2 Å². The van der Waals surface area contributed by atoms with Crippen LogP contribution >= 0.6 is 11.3 Å². The number of nitrogens with zero attached hydrogens (tertiary/aromatic N) is 2. The molecule has 206 valence electrons. The molecule has 1 amide bonds. The Hall–Kier alpha value is -3.29. The maximum Gasteiger partial charge on any atom is 0.348 e. The Morgan fingerprint density at radius 3 is 2.41 bits per heavy atom. The van der Waals surface area contributed by atoms with E-state index in [1.54, 1.807) is 12.1 Å². The Labute approximate surface area is 236 Å². The molecule has 0 spiro atoms. The first kappa shape index (κ1) is 28.7. The van der Waals surface area contributed by atoms with Crippen LogP contribution in [0.2, 0.25) is 0 Å². The maximum atomic E-state index is 14.1. The summed E-state index contributed by atoms with van der Waals surface area (Å²) in [6, 6.07) is 7.11. The fraction of sp³-hybridized carbons (Fsp3) is 0.531. The molecule has 0 radical (unpaired) electrons. The van der Waals surface area contributed by atoms with Gasteiger partial charge in [0.05, 0.1) is 10.6 Å². The van der Waals surface area contributed by atoms with Gasteiger partial charge in [-0.05, 0) is 90.2 Å². The summed E-state index contributed by atoms with van der Waals surface area (Å²) >= 11 is 1.15. The topological polar surface area (TPSA) is 79.7 Å². The highest BCUT2D eigenvalue weighted by atomic mass is 32.1. The number of amides is 1. The van der Waals surface area contributed by atoms with E-state index in [1.165, 1.54) is 0 Å². The monoisotopic (exact) mass is 546 g/mol. The molecule has 4 rings (SSSR count). The van der Waals surface area contributed by atoms with Crippen LogP contribution in [0.1, 0.15) is 99.3 Å². The highest BCUT2D eigenvalue weighted by Crippen LogP contribution is 2.39. The molecule has 0 aromatic carbocycles. The third kappa shape index (κ3) is 7.43. The lowest BCUT2D eigenvalue weighted by Crippen LogP contribution is -2.47. The van der Waals surface area contributed by atoms with E-state index < -0.39 is 5.97 Å². The second-order valence-electron chi connectivity index (χ2n) is 11.8. The lowest BCUT2D eigenvalue weighted by atomic mass is 9.81. The number of carbonyl (C=O) groups excluding carboxylic acids is 1. The van der Waals surface area contributed by atoms with Crippen molar-refractivity contribution in [2.24, 2.45) is 17.3 Å². The molecule has 2 saturated carbocycles. The number of carbonyl (C=O) groups is 2. The second-order valence-corrected chi connectivity index (χ2v) is 12.9. The average molecular weight is 547 g/mol. The number of carboxylic acid groups (broad SMARTS) is 1. The van der Waals surface area contributed by atoms with E-state index in [2.05, 4.69) is 29.7 Å². The van der Waals surface area contributed by atoms with Crippen molar-refractivity contribution in [3.8, 4) is 30.1 Å². The minimum atomic E-state index is -1.02. The smallest absolute Gasteiger partial charge is 0.348 e. The number of aromatic nitrogens is 1. The number of hydrogen-bond donors (Lipinski definition) is 1. The van der Waals surface area contributed by atoms with E-state index >= 15 is 0 Å². The molecule has 0 aliphatic heterocycles. The van der Waals surface area contributed by atoms with Gasteiger partial charge in [-0.25, -0.2) is 9.78 Å². The predicted molar refractivity (Wildman–Crippen MR) is 155 cm³/mol. The van der Waals surface area contributed by atoms with Gasteiger partial charge in [0.25, 0.3) is 0 Å². The minimum Gasteiger partial charge on any atom is -0.477 e. The van der Waals surface area contributed by atoms with E-state index in [-0.39, 0.29) is 34.3 Å². The number of hydrogen-bond acceptors (Lipinski definition) is 5. The van der Waals surface area contributed by atoms with E-state index in [9.17, 15) is 14.7 Å². The van der Waals surface area contributed by atoms with E-state index in [0.29, 0.717) is 40.9 Å². The average Bonchev–Trinajstić information content (AvgIpc) is 3.33. The van der Waals surface area contributed by atoms with Gasteiger partial charge in [0.2, 0.25) is 11.8 Å².